The van der Waals surface area contributed by atoms with E-state index in [4.69, 9.17) is 0 Å². The Morgan fingerprint density at radius 2 is 1.24 bits per heavy atom. The summed E-state index contributed by atoms with van der Waals surface area (Å²) in [6.07, 6.45) is -9.49. The highest BCUT2D eigenvalue weighted by atomic mass is 19.4. The number of anilines is 1. The first-order chi connectivity index (χ1) is 11.5. The summed E-state index contributed by atoms with van der Waals surface area (Å²) in [4.78, 5) is 0. The van der Waals surface area contributed by atoms with Crippen LogP contribution >= 0.6 is 0 Å². The summed E-state index contributed by atoms with van der Waals surface area (Å²) in [6, 6.07) is 2.73. The van der Waals surface area contributed by atoms with E-state index < -0.39 is 46.5 Å². The van der Waals surface area contributed by atoms with Crippen LogP contribution < -0.4 is 5.43 Å². The highest BCUT2D eigenvalue weighted by Crippen LogP contribution is 2.33. The monoisotopic (exact) mass is 369 g/mol. The van der Waals surface area contributed by atoms with Gasteiger partial charge in [-0.25, -0.2) is 8.78 Å². The zero-order valence-corrected chi connectivity index (χ0v) is 11.9. The maximum atomic E-state index is 13.4. The molecule has 0 unspecified atom stereocenters. The van der Waals surface area contributed by atoms with Gasteiger partial charge in [-0.1, -0.05) is 5.22 Å². The molecule has 0 atom stereocenters. The van der Waals surface area contributed by atoms with Crippen molar-refractivity contribution in [1.29, 1.82) is 0 Å². The van der Waals surface area contributed by atoms with Crippen LogP contribution in [0.25, 0.3) is 0 Å². The summed E-state index contributed by atoms with van der Waals surface area (Å²) in [7, 11) is 0. The van der Waals surface area contributed by atoms with E-state index in [0.717, 1.165) is 0 Å². The Bertz CT molecular complexity index is 796. The SMILES string of the molecule is Fc1ccc(C(F)(F)F)cc1N=NNc1cc(C(F)(F)F)ccc1F. The number of rotatable bonds is 3. The molecule has 2 aromatic rings. The van der Waals surface area contributed by atoms with Gasteiger partial charge in [-0.2, -0.15) is 26.3 Å². The molecule has 0 radical (unpaired) electrons. The molecule has 134 valence electrons. The molecular weight excluding hydrogens is 362 g/mol. The summed E-state index contributed by atoms with van der Waals surface area (Å²) in [5.74, 6) is -2.26. The first-order valence-electron chi connectivity index (χ1n) is 6.39. The van der Waals surface area contributed by atoms with E-state index in [1.165, 1.54) is 0 Å². The van der Waals surface area contributed by atoms with Gasteiger partial charge in [0, 0.05) is 0 Å². The lowest BCUT2D eigenvalue weighted by molar-refractivity contribution is -0.138. The fraction of sp³-hybridized carbons (Fsp3) is 0.143. The standard InChI is InChI=1S/C14H7F8N3/c15-9-3-1-7(13(17,18)19)5-11(9)23-25-24-12-6-8(14(20,21)22)2-4-10(12)16/h1-6H,(H,23,24). The minimum absolute atomic E-state index is 0.350. The molecule has 0 saturated carbocycles. The summed E-state index contributed by atoms with van der Waals surface area (Å²) >= 11 is 0. The van der Waals surface area contributed by atoms with Gasteiger partial charge in [0.1, 0.15) is 11.5 Å². The molecule has 0 aromatic heterocycles. The van der Waals surface area contributed by atoms with Crippen LogP contribution in [-0.2, 0) is 12.4 Å². The van der Waals surface area contributed by atoms with E-state index in [0.29, 0.717) is 36.4 Å². The molecule has 2 rings (SSSR count). The third kappa shape index (κ3) is 4.64. The van der Waals surface area contributed by atoms with Crippen LogP contribution in [0.15, 0.2) is 46.7 Å². The summed E-state index contributed by atoms with van der Waals surface area (Å²) < 4.78 is 102. The van der Waals surface area contributed by atoms with Crippen molar-refractivity contribution in [3.8, 4) is 0 Å². The number of hydrogen-bond acceptors (Lipinski definition) is 2. The van der Waals surface area contributed by atoms with Crippen LogP contribution in [0.4, 0.5) is 46.5 Å². The lowest BCUT2D eigenvalue weighted by Gasteiger charge is -2.09. The maximum Gasteiger partial charge on any atom is 0.416 e. The molecule has 1 N–H and O–H groups in total. The van der Waals surface area contributed by atoms with Crippen molar-refractivity contribution in [1.82, 2.24) is 0 Å². The van der Waals surface area contributed by atoms with E-state index in [1.54, 1.807) is 5.43 Å². The Morgan fingerprint density at radius 1 is 0.720 bits per heavy atom. The van der Waals surface area contributed by atoms with Crippen molar-refractivity contribution in [3.63, 3.8) is 0 Å². The Labute approximate surface area is 135 Å². The molecule has 0 saturated heterocycles. The van der Waals surface area contributed by atoms with Crippen molar-refractivity contribution in [2.45, 2.75) is 12.4 Å². The van der Waals surface area contributed by atoms with Gasteiger partial charge in [0.15, 0.2) is 5.82 Å². The van der Waals surface area contributed by atoms with Crippen molar-refractivity contribution in [2.75, 3.05) is 5.43 Å². The Kier molecular flexibility index (Phi) is 4.95. The maximum absolute atomic E-state index is 13.4. The van der Waals surface area contributed by atoms with Crippen molar-refractivity contribution < 1.29 is 35.1 Å². The average Bonchev–Trinajstić information content (AvgIpc) is 2.48. The van der Waals surface area contributed by atoms with Crippen molar-refractivity contribution >= 4 is 11.4 Å². The third-order valence-corrected chi connectivity index (χ3v) is 2.90. The Morgan fingerprint density at radius 3 is 1.80 bits per heavy atom. The lowest BCUT2D eigenvalue weighted by Crippen LogP contribution is -2.06. The first kappa shape index (κ1) is 18.6. The second-order valence-electron chi connectivity index (χ2n) is 4.67. The van der Waals surface area contributed by atoms with E-state index in [2.05, 4.69) is 10.3 Å². The first-order valence-corrected chi connectivity index (χ1v) is 6.39. The predicted molar refractivity (Wildman–Crippen MR) is 70.9 cm³/mol. The quantitative estimate of drug-likeness (QED) is 0.395. The number of benzene rings is 2. The van der Waals surface area contributed by atoms with Crippen LogP contribution in [0, 0.1) is 11.6 Å². The van der Waals surface area contributed by atoms with E-state index in [9.17, 15) is 35.1 Å². The molecule has 2 aromatic carbocycles. The van der Waals surface area contributed by atoms with Gasteiger partial charge in [-0.05, 0) is 36.4 Å². The van der Waals surface area contributed by atoms with Crippen LogP contribution in [0.2, 0.25) is 0 Å². The molecule has 0 spiro atoms. The number of hydrogen-bond donors (Lipinski definition) is 1. The molecule has 25 heavy (non-hydrogen) atoms. The lowest BCUT2D eigenvalue weighted by atomic mass is 10.2. The second kappa shape index (κ2) is 6.65. The van der Waals surface area contributed by atoms with Gasteiger partial charge in [0.2, 0.25) is 0 Å². The molecular formula is C14H7F8N3. The molecule has 0 fully saturated rings. The largest absolute Gasteiger partial charge is 0.416 e. The summed E-state index contributed by atoms with van der Waals surface area (Å²) in [5.41, 5.74) is -2.14. The summed E-state index contributed by atoms with van der Waals surface area (Å²) in [6.45, 7) is 0. The average molecular weight is 369 g/mol. The van der Waals surface area contributed by atoms with Crippen LogP contribution in [0.1, 0.15) is 11.1 Å². The fourth-order valence-electron chi connectivity index (χ4n) is 1.69. The molecule has 0 bridgehead atoms. The van der Waals surface area contributed by atoms with Crippen LogP contribution in [0.3, 0.4) is 0 Å². The topological polar surface area (TPSA) is 36.8 Å². The molecule has 0 heterocycles. The van der Waals surface area contributed by atoms with Gasteiger partial charge in [0.25, 0.3) is 0 Å². The van der Waals surface area contributed by atoms with Gasteiger partial charge < -0.3 is 0 Å². The highest BCUT2D eigenvalue weighted by molar-refractivity contribution is 5.48. The minimum atomic E-state index is -4.75. The molecule has 3 nitrogen and oxygen atoms in total. The zero-order chi connectivity index (χ0) is 18.8. The molecule has 0 amide bonds. The van der Waals surface area contributed by atoms with E-state index in [1.807, 2.05) is 0 Å². The van der Waals surface area contributed by atoms with Crippen LogP contribution in [-0.4, -0.2) is 0 Å². The number of nitrogens with zero attached hydrogens (tertiary/aromatic N) is 2. The third-order valence-electron chi connectivity index (χ3n) is 2.90. The molecule has 11 heteroatoms. The summed E-state index contributed by atoms with van der Waals surface area (Å²) in [5, 5.41) is 6.14. The fourth-order valence-corrected chi connectivity index (χ4v) is 1.69. The van der Waals surface area contributed by atoms with Gasteiger partial charge in [0.05, 0.1) is 16.8 Å². The smallest absolute Gasteiger partial charge is 0.257 e. The molecule has 0 aliphatic heterocycles. The van der Waals surface area contributed by atoms with E-state index >= 15 is 0 Å². The zero-order valence-electron chi connectivity index (χ0n) is 11.9. The second-order valence-corrected chi connectivity index (χ2v) is 4.67. The highest BCUT2D eigenvalue weighted by Gasteiger charge is 2.32. The van der Waals surface area contributed by atoms with E-state index in [-0.39, 0.29) is 0 Å². The Balaban J connectivity index is 2.25. The normalized spacial score (nSPS) is 12.6. The van der Waals surface area contributed by atoms with Gasteiger partial charge in [-0.3, -0.25) is 5.43 Å². The van der Waals surface area contributed by atoms with Crippen molar-refractivity contribution in [3.05, 3.63) is 59.2 Å². The molecule has 0 aliphatic rings. The minimum Gasteiger partial charge on any atom is -0.257 e. The van der Waals surface area contributed by atoms with Gasteiger partial charge in [-0.15, -0.1) is 5.11 Å². The predicted octanol–water partition coefficient (Wildman–Crippen LogP) is 6.11. The van der Waals surface area contributed by atoms with Crippen LogP contribution in [0.5, 0.6) is 0 Å². The number of nitrogens with one attached hydrogen (secondary N) is 1. The molecule has 0 aliphatic carbocycles. The van der Waals surface area contributed by atoms with Gasteiger partial charge >= 0.3 is 12.4 Å². The Hall–Kier alpha value is -2.72. The number of halogens is 8. The number of alkyl halides is 6. The van der Waals surface area contributed by atoms with Crippen molar-refractivity contribution in [2.24, 2.45) is 10.3 Å².